The Hall–Kier alpha value is -0.160. The van der Waals surface area contributed by atoms with Gasteiger partial charge in [-0.05, 0) is 32.2 Å². The summed E-state index contributed by atoms with van der Waals surface area (Å²) in [5.74, 6) is 0. The second-order valence-electron chi connectivity index (χ2n) is 5.70. The molecule has 0 aromatic carbocycles. The Morgan fingerprint density at radius 2 is 1.32 bits per heavy atom. The minimum absolute atomic E-state index is 0.877. The lowest BCUT2D eigenvalue weighted by atomic mass is 10.2. The van der Waals surface area contributed by atoms with Gasteiger partial charge in [-0.2, -0.15) is 0 Å². The minimum atomic E-state index is 0.877. The molecule has 0 unspecified atom stereocenters. The molecule has 1 fully saturated rings. The van der Waals surface area contributed by atoms with E-state index in [1.165, 1.54) is 52.0 Å². The van der Waals surface area contributed by atoms with Crippen LogP contribution in [-0.4, -0.2) is 76.0 Å². The van der Waals surface area contributed by atoms with Crippen molar-refractivity contribution < 1.29 is 9.47 Å². The highest BCUT2D eigenvalue weighted by molar-refractivity contribution is 4.71. The van der Waals surface area contributed by atoms with Crippen molar-refractivity contribution >= 4 is 0 Å². The van der Waals surface area contributed by atoms with Gasteiger partial charge in [0.15, 0.2) is 0 Å². The monoisotopic (exact) mass is 316 g/mol. The Labute approximate surface area is 139 Å². The zero-order chi connectivity index (χ0) is 16.5. The predicted molar refractivity (Wildman–Crippen MR) is 95.7 cm³/mol. The minimum Gasteiger partial charge on any atom is -0.385 e. The van der Waals surface area contributed by atoms with Crippen LogP contribution in [0.5, 0.6) is 0 Å². The molecule has 1 saturated heterocycles. The first-order valence-corrected chi connectivity index (χ1v) is 9.38. The number of nitrogens with zero attached hydrogens (tertiary/aromatic N) is 2. The molecule has 0 N–H and O–H groups in total. The number of hydrogen-bond acceptors (Lipinski definition) is 4. The maximum atomic E-state index is 5.71. The molecular formula is C18H40N2O2. The molecule has 0 bridgehead atoms. The van der Waals surface area contributed by atoms with Crippen LogP contribution < -0.4 is 0 Å². The molecule has 0 spiro atoms. The molecule has 22 heavy (non-hydrogen) atoms. The summed E-state index contributed by atoms with van der Waals surface area (Å²) >= 11 is 0. The average Bonchev–Trinajstić information content (AvgIpc) is 2.58. The van der Waals surface area contributed by atoms with Gasteiger partial charge in [0.2, 0.25) is 0 Å². The van der Waals surface area contributed by atoms with E-state index in [0.717, 1.165) is 39.2 Å². The molecule has 0 saturated carbocycles. The molecule has 1 aliphatic rings. The topological polar surface area (TPSA) is 24.9 Å². The summed E-state index contributed by atoms with van der Waals surface area (Å²) in [5.41, 5.74) is 0. The van der Waals surface area contributed by atoms with Crippen LogP contribution in [0.2, 0.25) is 0 Å². The summed E-state index contributed by atoms with van der Waals surface area (Å²) in [6.45, 7) is 16.2. The van der Waals surface area contributed by atoms with Crippen LogP contribution in [0.25, 0.3) is 0 Å². The Kier molecular flexibility index (Phi) is 17.1. The molecule has 0 radical (unpaired) electrons. The van der Waals surface area contributed by atoms with E-state index in [4.69, 9.17) is 9.47 Å². The molecule has 0 aromatic heterocycles. The fourth-order valence-corrected chi connectivity index (χ4v) is 2.54. The fourth-order valence-electron chi connectivity index (χ4n) is 2.54. The van der Waals surface area contributed by atoms with Gasteiger partial charge in [0.1, 0.15) is 0 Å². The molecule has 0 amide bonds. The van der Waals surface area contributed by atoms with Crippen molar-refractivity contribution in [2.24, 2.45) is 0 Å². The Balaban J connectivity index is 0.00000211. The van der Waals surface area contributed by atoms with Gasteiger partial charge in [0.25, 0.3) is 0 Å². The lowest BCUT2D eigenvalue weighted by Gasteiger charge is -2.34. The van der Waals surface area contributed by atoms with Crippen molar-refractivity contribution in [3.05, 3.63) is 0 Å². The third kappa shape index (κ3) is 12.4. The van der Waals surface area contributed by atoms with Gasteiger partial charge in [-0.1, -0.05) is 27.2 Å². The van der Waals surface area contributed by atoms with Crippen LogP contribution >= 0.6 is 0 Å². The quantitative estimate of drug-likeness (QED) is 0.516. The van der Waals surface area contributed by atoms with Crippen LogP contribution in [0, 0.1) is 0 Å². The number of ether oxygens (including phenoxy) is 2. The van der Waals surface area contributed by atoms with Gasteiger partial charge in [0.05, 0.1) is 6.61 Å². The Bertz CT molecular complexity index is 207. The van der Waals surface area contributed by atoms with Crippen molar-refractivity contribution in [1.29, 1.82) is 0 Å². The SMILES string of the molecule is CC.CCCCN1CCN(CCOCCCCCOC)CC1. The van der Waals surface area contributed by atoms with Crippen LogP contribution in [0.3, 0.4) is 0 Å². The normalized spacial score (nSPS) is 16.4. The third-order valence-corrected chi connectivity index (χ3v) is 3.98. The summed E-state index contributed by atoms with van der Waals surface area (Å²) in [4.78, 5) is 5.13. The predicted octanol–water partition coefficient (Wildman–Crippen LogP) is 3.26. The standard InChI is InChI=1S/C16H34N2O2.C2H6/c1-3-4-8-17-9-11-18(12-10-17)13-16-20-15-7-5-6-14-19-2;1-2/h3-16H2,1-2H3;1-2H3. The first-order valence-electron chi connectivity index (χ1n) is 9.38. The smallest absolute Gasteiger partial charge is 0.0593 e. The van der Waals surface area contributed by atoms with Gasteiger partial charge in [-0.3, -0.25) is 4.90 Å². The molecule has 1 heterocycles. The molecule has 4 nitrogen and oxygen atoms in total. The third-order valence-electron chi connectivity index (χ3n) is 3.98. The van der Waals surface area contributed by atoms with Crippen molar-refractivity contribution in [3.8, 4) is 0 Å². The van der Waals surface area contributed by atoms with E-state index in [-0.39, 0.29) is 0 Å². The van der Waals surface area contributed by atoms with E-state index in [0.29, 0.717) is 0 Å². The van der Waals surface area contributed by atoms with Crippen LogP contribution in [0.4, 0.5) is 0 Å². The summed E-state index contributed by atoms with van der Waals surface area (Å²) < 4.78 is 10.7. The molecule has 0 aliphatic carbocycles. The second kappa shape index (κ2) is 17.2. The van der Waals surface area contributed by atoms with Crippen LogP contribution in [-0.2, 0) is 9.47 Å². The van der Waals surface area contributed by atoms with E-state index < -0.39 is 0 Å². The number of hydrogen-bond donors (Lipinski definition) is 0. The van der Waals surface area contributed by atoms with Crippen LogP contribution in [0.15, 0.2) is 0 Å². The zero-order valence-corrected chi connectivity index (χ0v) is 15.6. The number of unbranched alkanes of at least 4 members (excludes halogenated alkanes) is 3. The first kappa shape index (κ1) is 21.8. The number of piperazine rings is 1. The van der Waals surface area contributed by atoms with Crippen LogP contribution in [0.1, 0.15) is 52.9 Å². The second-order valence-corrected chi connectivity index (χ2v) is 5.70. The first-order chi connectivity index (χ1) is 10.9. The largest absolute Gasteiger partial charge is 0.385 e. The maximum Gasteiger partial charge on any atom is 0.0593 e. The highest BCUT2D eigenvalue weighted by atomic mass is 16.5. The lowest BCUT2D eigenvalue weighted by Crippen LogP contribution is -2.47. The van der Waals surface area contributed by atoms with Crippen molar-refractivity contribution in [2.45, 2.75) is 52.9 Å². The Morgan fingerprint density at radius 3 is 1.91 bits per heavy atom. The fraction of sp³-hybridized carbons (Fsp3) is 1.00. The highest BCUT2D eigenvalue weighted by Gasteiger charge is 2.15. The van der Waals surface area contributed by atoms with Crippen molar-refractivity contribution in [3.63, 3.8) is 0 Å². The summed E-state index contributed by atoms with van der Waals surface area (Å²) in [6, 6.07) is 0. The highest BCUT2D eigenvalue weighted by Crippen LogP contribution is 2.03. The summed E-state index contributed by atoms with van der Waals surface area (Å²) in [7, 11) is 1.76. The van der Waals surface area contributed by atoms with Gasteiger partial charge in [-0.25, -0.2) is 0 Å². The molecule has 4 heteroatoms. The summed E-state index contributed by atoms with van der Waals surface area (Å²) in [5, 5.41) is 0. The van der Waals surface area contributed by atoms with E-state index in [1.54, 1.807) is 7.11 Å². The summed E-state index contributed by atoms with van der Waals surface area (Å²) in [6.07, 6.45) is 6.17. The molecule has 0 atom stereocenters. The lowest BCUT2D eigenvalue weighted by molar-refractivity contribution is 0.0729. The molecule has 134 valence electrons. The van der Waals surface area contributed by atoms with E-state index in [9.17, 15) is 0 Å². The zero-order valence-electron chi connectivity index (χ0n) is 15.6. The maximum absolute atomic E-state index is 5.71. The number of rotatable bonds is 12. The molecule has 1 aliphatic heterocycles. The average molecular weight is 317 g/mol. The van der Waals surface area contributed by atoms with Gasteiger partial charge >= 0.3 is 0 Å². The molecule has 1 rings (SSSR count). The van der Waals surface area contributed by atoms with Gasteiger partial charge < -0.3 is 14.4 Å². The van der Waals surface area contributed by atoms with E-state index >= 15 is 0 Å². The molecular weight excluding hydrogens is 276 g/mol. The van der Waals surface area contributed by atoms with E-state index in [2.05, 4.69) is 16.7 Å². The molecule has 0 aromatic rings. The van der Waals surface area contributed by atoms with E-state index in [1.807, 2.05) is 13.8 Å². The number of methoxy groups -OCH3 is 1. The van der Waals surface area contributed by atoms with Gasteiger partial charge in [-0.15, -0.1) is 0 Å². The van der Waals surface area contributed by atoms with Crippen molar-refractivity contribution in [1.82, 2.24) is 9.80 Å². The van der Waals surface area contributed by atoms with Crippen molar-refractivity contribution in [2.75, 3.05) is 66.2 Å². The van der Waals surface area contributed by atoms with Gasteiger partial charge in [0, 0.05) is 53.0 Å². The Morgan fingerprint density at radius 1 is 0.727 bits per heavy atom.